The van der Waals surface area contributed by atoms with E-state index in [1.165, 1.54) is 11.3 Å². The van der Waals surface area contributed by atoms with Crippen LogP contribution in [-0.4, -0.2) is 28.2 Å². The lowest BCUT2D eigenvalue weighted by atomic mass is 10.1. The smallest absolute Gasteiger partial charge is 0.231 e. The van der Waals surface area contributed by atoms with Crippen molar-refractivity contribution in [2.45, 2.75) is 13.0 Å². The van der Waals surface area contributed by atoms with Crippen LogP contribution in [0.2, 0.25) is 0 Å². The number of nitrogens with zero attached hydrogens (tertiary/aromatic N) is 2. The van der Waals surface area contributed by atoms with Gasteiger partial charge in [-0.1, -0.05) is 0 Å². The van der Waals surface area contributed by atoms with Gasteiger partial charge < -0.3 is 14.6 Å². The van der Waals surface area contributed by atoms with Gasteiger partial charge in [0, 0.05) is 24.5 Å². The molecule has 0 spiro atoms. The minimum Gasteiger partial charge on any atom is -0.467 e. The summed E-state index contributed by atoms with van der Waals surface area (Å²) in [6, 6.07) is 3.60. The lowest BCUT2D eigenvalue weighted by Gasteiger charge is -2.14. The molecule has 3 rings (SSSR count). The molecule has 0 bridgehead atoms. The van der Waals surface area contributed by atoms with Crippen LogP contribution in [0.1, 0.15) is 12.2 Å². The van der Waals surface area contributed by atoms with Crippen LogP contribution in [-0.2, 0) is 16.1 Å². The van der Waals surface area contributed by atoms with E-state index in [9.17, 15) is 9.59 Å². The predicted octanol–water partition coefficient (Wildman–Crippen LogP) is 1.72. The number of amides is 2. The second-order valence-electron chi connectivity index (χ2n) is 4.58. The molecule has 0 aliphatic carbocycles. The molecule has 1 saturated heterocycles. The number of carbonyl (C=O) groups excluding carboxylic acids is 2. The number of carbonyl (C=O) groups is 2. The number of nitrogens with one attached hydrogen (secondary N) is 1. The van der Waals surface area contributed by atoms with E-state index in [4.69, 9.17) is 4.42 Å². The van der Waals surface area contributed by atoms with Crippen LogP contribution < -0.4 is 5.32 Å². The number of rotatable bonds is 4. The van der Waals surface area contributed by atoms with E-state index in [0.29, 0.717) is 18.2 Å². The molecule has 0 saturated carbocycles. The summed E-state index contributed by atoms with van der Waals surface area (Å²) in [7, 11) is 0. The topological polar surface area (TPSA) is 75.4 Å². The highest BCUT2D eigenvalue weighted by Crippen LogP contribution is 2.22. The maximum absolute atomic E-state index is 12.1. The van der Waals surface area contributed by atoms with Crippen molar-refractivity contribution in [3.05, 3.63) is 35.7 Å². The zero-order chi connectivity index (χ0) is 13.9. The Labute approximate surface area is 119 Å². The maximum Gasteiger partial charge on any atom is 0.231 e. The molecule has 1 N–H and O–H groups in total. The average Bonchev–Trinajstić information content (AvgIpc) is 3.13. The third-order valence-electron chi connectivity index (χ3n) is 3.17. The Morgan fingerprint density at radius 2 is 2.50 bits per heavy atom. The highest BCUT2D eigenvalue weighted by molar-refractivity contribution is 7.13. The van der Waals surface area contributed by atoms with Gasteiger partial charge in [-0.2, -0.15) is 0 Å². The monoisotopic (exact) mass is 291 g/mol. The first-order valence-electron chi connectivity index (χ1n) is 6.23. The van der Waals surface area contributed by atoms with Gasteiger partial charge in [-0.3, -0.25) is 9.59 Å². The Bertz CT molecular complexity index is 594. The quantitative estimate of drug-likeness (QED) is 0.930. The van der Waals surface area contributed by atoms with E-state index in [1.54, 1.807) is 28.8 Å². The van der Waals surface area contributed by atoms with Gasteiger partial charge in [-0.25, -0.2) is 4.98 Å². The number of thiazole rings is 1. The summed E-state index contributed by atoms with van der Waals surface area (Å²) in [6.45, 7) is 0.823. The fraction of sp³-hybridized carbons (Fsp3) is 0.308. The number of furan rings is 1. The third-order valence-corrected chi connectivity index (χ3v) is 3.86. The molecule has 20 heavy (non-hydrogen) atoms. The second-order valence-corrected chi connectivity index (χ2v) is 5.48. The summed E-state index contributed by atoms with van der Waals surface area (Å²) in [6.07, 6.45) is 3.43. The Hall–Kier alpha value is -2.15. The zero-order valence-electron chi connectivity index (χ0n) is 10.6. The fourth-order valence-electron chi connectivity index (χ4n) is 2.18. The fourth-order valence-corrected chi connectivity index (χ4v) is 2.72. The first-order valence-corrected chi connectivity index (χ1v) is 7.11. The first kappa shape index (κ1) is 12.9. The van der Waals surface area contributed by atoms with Crippen molar-refractivity contribution in [3.63, 3.8) is 0 Å². The Morgan fingerprint density at radius 1 is 1.60 bits per heavy atom. The minimum atomic E-state index is -0.332. The standard InChI is InChI=1S/C13H13N3O3S/c17-11-6-9(12(18)15-13-14-3-5-20-13)7-16(11)8-10-2-1-4-19-10/h1-5,9H,6-8H2,(H,14,15,18)/t9-/m1/s1. The lowest BCUT2D eigenvalue weighted by Crippen LogP contribution is -2.27. The van der Waals surface area contributed by atoms with E-state index >= 15 is 0 Å². The van der Waals surface area contributed by atoms with E-state index in [0.717, 1.165) is 5.76 Å². The van der Waals surface area contributed by atoms with Gasteiger partial charge in [0.25, 0.3) is 0 Å². The predicted molar refractivity (Wildman–Crippen MR) is 73.0 cm³/mol. The van der Waals surface area contributed by atoms with Crippen LogP contribution in [0.4, 0.5) is 5.13 Å². The van der Waals surface area contributed by atoms with Crippen LogP contribution in [0.15, 0.2) is 34.4 Å². The Morgan fingerprint density at radius 3 is 3.20 bits per heavy atom. The van der Waals surface area contributed by atoms with Gasteiger partial charge in [0.1, 0.15) is 5.76 Å². The van der Waals surface area contributed by atoms with Crippen molar-refractivity contribution < 1.29 is 14.0 Å². The van der Waals surface area contributed by atoms with Crippen LogP contribution in [0.25, 0.3) is 0 Å². The normalized spacial score (nSPS) is 18.5. The van der Waals surface area contributed by atoms with Crippen LogP contribution in [0.5, 0.6) is 0 Å². The van der Waals surface area contributed by atoms with Gasteiger partial charge >= 0.3 is 0 Å². The summed E-state index contributed by atoms with van der Waals surface area (Å²) >= 11 is 1.36. The second kappa shape index (κ2) is 5.46. The molecule has 104 valence electrons. The number of anilines is 1. The summed E-state index contributed by atoms with van der Waals surface area (Å²) < 4.78 is 5.22. The van der Waals surface area contributed by atoms with E-state index in [1.807, 2.05) is 6.07 Å². The van der Waals surface area contributed by atoms with Crippen molar-refractivity contribution in [1.82, 2.24) is 9.88 Å². The lowest BCUT2D eigenvalue weighted by molar-refractivity contribution is -0.128. The zero-order valence-corrected chi connectivity index (χ0v) is 11.4. The number of likely N-dealkylation sites (tertiary alicyclic amines) is 1. The summed E-state index contributed by atoms with van der Waals surface area (Å²) in [5.41, 5.74) is 0. The average molecular weight is 291 g/mol. The van der Waals surface area contributed by atoms with E-state index in [-0.39, 0.29) is 24.2 Å². The van der Waals surface area contributed by atoms with E-state index < -0.39 is 0 Å². The van der Waals surface area contributed by atoms with Gasteiger partial charge in [-0.05, 0) is 12.1 Å². The van der Waals surface area contributed by atoms with Crippen LogP contribution in [0.3, 0.4) is 0 Å². The van der Waals surface area contributed by atoms with Crippen molar-refractivity contribution in [2.75, 3.05) is 11.9 Å². The van der Waals surface area contributed by atoms with Gasteiger partial charge in [0.05, 0.1) is 18.7 Å². The third kappa shape index (κ3) is 2.72. The van der Waals surface area contributed by atoms with Crippen molar-refractivity contribution >= 4 is 28.3 Å². The molecule has 2 aromatic heterocycles. The molecule has 2 aromatic rings. The summed E-state index contributed by atoms with van der Waals surface area (Å²) in [5.74, 6) is 0.205. The highest BCUT2D eigenvalue weighted by atomic mass is 32.1. The van der Waals surface area contributed by atoms with Crippen LogP contribution in [0, 0.1) is 5.92 Å². The maximum atomic E-state index is 12.1. The van der Waals surface area contributed by atoms with Crippen molar-refractivity contribution in [2.24, 2.45) is 5.92 Å². The molecule has 3 heterocycles. The molecule has 0 radical (unpaired) electrons. The molecule has 1 aliphatic rings. The van der Waals surface area contributed by atoms with Gasteiger partial charge in [0.2, 0.25) is 11.8 Å². The first-order chi connectivity index (χ1) is 9.72. The molecule has 7 heteroatoms. The molecular formula is C13H13N3O3S. The number of hydrogen-bond acceptors (Lipinski definition) is 5. The molecule has 0 unspecified atom stereocenters. The Kier molecular flexibility index (Phi) is 3.51. The molecule has 1 aliphatic heterocycles. The Balaban J connectivity index is 1.60. The molecule has 2 amide bonds. The SMILES string of the molecule is O=C(Nc1nccs1)[C@@H]1CC(=O)N(Cc2ccco2)C1. The van der Waals surface area contributed by atoms with Gasteiger partial charge in [-0.15, -0.1) is 11.3 Å². The molecule has 0 aromatic carbocycles. The largest absolute Gasteiger partial charge is 0.467 e. The van der Waals surface area contributed by atoms with Crippen LogP contribution >= 0.6 is 11.3 Å². The van der Waals surface area contributed by atoms with Crippen molar-refractivity contribution in [3.8, 4) is 0 Å². The minimum absolute atomic E-state index is 0.0271. The summed E-state index contributed by atoms with van der Waals surface area (Å²) in [5, 5.41) is 5.08. The molecular weight excluding hydrogens is 278 g/mol. The number of hydrogen-bond donors (Lipinski definition) is 1. The highest BCUT2D eigenvalue weighted by Gasteiger charge is 2.34. The molecule has 1 atom stereocenters. The number of aromatic nitrogens is 1. The molecule has 1 fully saturated rings. The van der Waals surface area contributed by atoms with E-state index in [2.05, 4.69) is 10.3 Å². The summed E-state index contributed by atoms with van der Waals surface area (Å²) in [4.78, 5) is 29.6. The van der Waals surface area contributed by atoms with Crippen molar-refractivity contribution in [1.29, 1.82) is 0 Å². The van der Waals surface area contributed by atoms with Gasteiger partial charge in [0.15, 0.2) is 5.13 Å². The molecule has 6 nitrogen and oxygen atoms in total.